The minimum Gasteiger partial charge on any atom is -0.294 e. The van der Waals surface area contributed by atoms with Gasteiger partial charge in [0, 0.05) is 12.5 Å². The average Bonchev–Trinajstić information content (AvgIpc) is 2.53. The Hall–Kier alpha value is -2.82. The van der Waals surface area contributed by atoms with E-state index in [1.165, 1.54) is 6.08 Å². The van der Waals surface area contributed by atoms with Crippen LogP contribution in [-0.4, -0.2) is 21.7 Å². The second kappa shape index (κ2) is 6.74. The number of rotatable bonds is 3. The summed E-state index contributed by atoms with van der Waals surface area (Å²) < 4.78 is 0. The van der Waals surface area contributed by atoms with Gasteiger partial charge in [-0.05, 0) is 30.9 Å². The SMILES string of the molecule is Cc1nc(NC(=O)/C=C/c2ccccc2)nc2c1C(=O)C[C@@H](C)C2. The molecule has 122 valence electrons. The molecule has 1 aliphatic rings. The fourth-order valence-electron chi connectivity index (χ4n) is 2.91. The van der Waals surface area contributed by atoms with E-state index >= 15 is 0 Å². The summed E-state index contributed by atoms with van der Waals surface area (Å²) in [7, 11) is 0. The number of amides is 1. The van der Waals surface area contributed by atoms with Crippen LogP contribution in [0.15, 0.2) is 36.4 Å². The molecule has 0 saturated carbocycles. The van der Waals surface area contributed by atoms with Crippen LogP contribution in [0.5, 0.6) is 0 Å². The topological polar surface area (TPSA) is 72.0 Å². The van der Waals surface area contributed by atoms with Crippen LogP contribution >= 0.6 is 0 Å². The zero-order chi connectivity index (χ0) is 17.1. The lowest BCUT2D eigenvalue weighted by molar-refractivity contribution is -0.111. The van der Waals surface area contributed by atoms with Crippen molar-refractivity contribution in [2.45, 2.75) is 26.7 Å². The summed E-state index contributed by atoms with van der Waals surface area (Å²) in [6, 6.07) is 9.56. The van der Waals surface area contributed by atoms with Gasteiger partial charge in [0.2, 0.25) is 5.95 Å². The molecule has 0 spiro atoms. The van der Waals surface area contributed by atoms with Crippen molar-refractivity contribution in [1.29, 1.82) is 0 Å². The van der Waals surface area contributed by atoms with Crippen LogP contribution in [0.1, 0.15) is 40.7 Å². The monoisotopic (exact) mass is 321 g/mol. The first-order valence-corrected chi connectivity index (χ1v) is 7.97. The molecule has 5 heteroatoms. The minimum atomic E-state index is -0.298. The van der Waals surface area contributed by atoms with Crippen LogP contribution in [0.4, 0.5) is 5.95 Å². The van der Waals surface area contributed by atoms with Crippen molar-refractivity contribution in [3.63, 3.8) is 0 Å². The molecule has 1 aromatic carbocycles. The van der Waals surface area contributed by atoms with Crippen molar-refractivity contribution >= 4 is 23.7 Å². The van der Waals surface area contributed by atoms with Gasteiger partial charge in [-0.1, -0.05) is 37.3 Å². The van der Waals surface area contributed by atoms with Crippen molar-refractivity contribution in [3.8, 4) is 0 Å². The Morgan fingerprint density at radius 2 is 1.96 bits per heavy atom. The lowest BCUT2D eigenvalue weighted by Crippen LogP contribution is -2.23. The zero-order valence-electron chi connectivity index (χ0n) is 13.7. The van der Waals surface area contributed by atoms with Gasteiger partial charge in [-0.25, -0.2) is 9.97 Å². The second-order valence-electron chi connectivity index (χ2n) is 6.12. The Bertz CT molecular complexity index is 813. The number of aromatic nitrogens is 2. The van der Waals surface area contributed by atoms with Gasteiger partial charge < -0.3 is 0 Å². The lowest BCUT2D eigenvalue weighted by atomic mass is 9.86. The molecular formula is C19H19N3O2. The Morgan fingerprint density at radius 1 is 1.21 bits per heavy atom. The Balaban J connectivity index is 1.77. The first-order chi connectivity index (χ1) is 11.5. The van der Waals surface area contributed by atoms with Crippen molar-refractivity contribution in [3.05, 3.63) is 58.9 Å². The quantitative estimate of drug-likeness (QED) is 0.881. The van der Waals surface area contributed by atoms with E-state index < -0.39 is 0 Å². The van der Waals surface area contributed by atoms with Gasteiger partial charge in [-0.15, -0.1) is 0 Å². The number of anilines is 1. The largest absolute Gasteiger partial charge is 0.294 e. The fourth-order valence-corrected chi connectivity index (χ4v) is 2.91. The smallest absolute Gasteiger partial charge is 0.250 e. The molecule has 1 amide bonds. The number of hydrogen-bond acceptors (Lipinski definition) is 4. The van der Waals surface area contributed by atoms with E-state index in [4.69, 9.17) is 0 Å². The van der Waals surface area contributed by atoms with Crippen LogP contribution in [0.3, 0.4) is 0 Å². The Kier molecular flexibility index (Phi) is 4.51. The molecule has 5 nitrogen and oxygen atoms in total. The highest BCUT2D eigenvalue weighted by Gasteiger charge is 2.26. The van der Waals surface area contributed by atoms with Gasteiger partial charge in [-0.3, -0.25) is 14.9 Å². The average molecular weight is 321 g/mol. The van der Waals surface area contributed by atoms with Gasteiger partial charge in [-0.2, -0.15) is 0 Å². The second-order valence-corrected chi connectivity index (χ2v) is 6.12. The van der Waals surface area contributed by atoms with Crippen molar-refractivity contribution in [2.24, 2.45) is 5.92 Å². The van der Waals surface area contributed by atoms with Crippen molar-refractivity contribution < 1.29 is 9.59 Å². The summed E-state index contributed by atoms with van der Waals surface area (Å²) in [5.41, 5.74) is 2.91. The van der Waals surface area contributed by atoms with Crippen LogP contribution in [0.25, 0.3) is 6.08 Å². The predicted octanol–water partition coefficient (Wildman–Crippen LogP) is 3.20. The van der Waals surface area contributed by atoms with Gasteiger partial charge in [0.25, 0.3) is 5.91 Å². The van der Waals surface area contributed by atoms with Crippen LogP contribution in [0, 0.1) is 12.8 Å². The number of carbonyl (C=O) groups is 2. The third-order valence-electron chi connectivity index (χ3n) is 3.98. The maximum absolute atomic E-state index is 12.1. The summed E-state index contributed by atoms with van der Waals surface area (Å²) in [6.45, 7) is 3.81. The summed E-state index contributed by atoms with van der Waals surface area (Å²) >= 11 is 0. The number of benzene rings is 1. The third kappa shape index (κ3) is 3.56. The first-order valence-electron chi connectivity index (χ1n) is 7.97. The van der Waals surface area contributed by atoms with Crippen LogP contribution < -0.4 is 5.32 Å². The summed E-state index contributed by atoms with van der Waals surface area (Å²) in [6.07, 6.45) is 4.43. The van der Waals surface area contributed by atoms with Gasteiger partial charge in [0.15, 0.2) is 5.78 Å². The number of Topliss-reactive ketones (excluding diaryl/α,β-unsaturated/α-hetero) is 1. The molecule has 1 N–H and O–H groups in total. The molecule has 1 atom stereocenters. The lowest BCUT2D eigenvalue weighted by Gasteiger charge is -2.21. The van der Waals surface area contributed by atoms with Gasteiger partial charge >= 0.3 is 0 Å². The third-order valence-corrected chi connectivity index (χ3v) is 3.98. The van der Waals surface area contributed by atoms with Crippen molar-refractivity contribution in [2.75, 3.05) is 5.32 Å². The minimum absolute atomic E-state index is 0.0862. The van der Waals surface area contributed by atoms with E-state index in [1.54, 1.807) is 13.0 Å². The molecule has 0 fully saturated rings. The zero-order valence-corrected chi connectivity index (χ0v) is 13.7. The molecule has 24 heavy (non-hydrogen) atoms. The molecular weight excluding hydrogens is 302 g/mol. The number of nitrogens with zero attached hydrogens (tertiary/aromatic N) is 2. The van der Waals surface area contributed by atoms with E-state index in [2.05, 4.69) is 15.3 Å². The highest BCUT2D eigenvalue weighted by molar-refractivity contribution is 6.02. The van der Waals surface area contributed by atoms with E-state index in [0.29, 0.717) is 17.7 Å². The summed E-state index contributed by atoms with van der Waals surface area (Å²) in [4.78, 5) is 32.8. The maximum atomic E-state index is 12.1. The van der Waals surface area contributed by atoms with E-state index in [0.717, 1.165) is 17.7 Å². The normalized spacial score (nSPS) is 16.9. The Labute approximate surface area is 140 Å². The molecule has 1 aliphatic carbocycles. The molecule has 1 aromatic heterocycles. The molecule has 0 unspecified atom stereocenters. The first kappa shape index (κ1) is 16.1. The number of fused-ring (bicyclic) bond motifs is 1. The summed E-state index contributed by atoms with van der Waals surface area (Å²) in [5.74, 6) is 0.299. The number of aryl methyl sites for hydroxylation is 1. The maximum Gasteiger partial charge on any atom is 0.250 e. The van der Waals surface area contributed by atoms with E-state index in [-0.39, 0.29) is 23.6 Å². The molecule has 1 heterocycles. The summed E-state index contributed by atoms with van der Waals surface area (Å²) in [5, 5.41) is 2.67. The van der Waals surface area contributed by atoms with Gasteiger partial charge in [0.05, 0.1) is 17.0 Å². The van der Waals surface area contributed by atoms with Crippen LogP contribution in [-0.2, 0) is 11.2 Å². The fraction of sp³-hybridized carbons (Fsp3) is 0.263. The van der Waals surface area contributed by atoms with Gasteiger partial charge in [0.1, 0.15) is 0 Å². The number of carbonyl (C=O) groups excluding carboxylic acids is 2. The number of nitrogens with one attached hydrogen (secondary N) is 1. The highest BCUT2D eigenvalue weighted by Crippen LogP contribution is 2.26. The highest BCUT2D eigenvalue weighted by atomic mass is 16.1. The molecule has 0 saturated heterocycles. The predicted molar refractivity (Wildman–Crippen MR) is 92.7 cm³/mol. The Morgan fingerprint density at radius 3 is 2.71 bits per heavy atom. The molecule has 3 rings (SSSR count). The van der Waals surface area contributed by atoms with E-state index in [9.17, 15) is 9.59 Å². The molecule has 0 bridgehead atoms. The number of ketones is 1. The van der Waals surface area contributed by atoms with Crippen molar-refractivity contribution in [1.82, 2.24) is 9.97 Å². The van der Waals surface area contributed by atoms with E-state index in [1.807, 2.05) is 37.3 Å². The molecule has 0 radical (unpaired) electrons. The molecule has 2 aromatic rings. The molecule has 0 aliphatic heterocycles. The van der Waals surface area contributed by atoms with Crippen LogP contribution in [0.2, 0.25) is 0 Å². The number of hydrogen-bond donors (Lipinski definition) is 1. The standard InChI is InChI=1S/C19H19N3O2/c1-12-10-15-18(16(23)11-12)13(2)20-19(21-15)22-17(24)9-8-14-6-4-3-5-7-14/h3-9,12H,10-11H2,1-2H3,(H,20,21,22,24)/b9-8+/t12-/m0/s1.